The SMILES string of the molecule is Clc1cn[c-]cn1.[CH2-]CC([CH2-])Nc1ccc(-n2ncccc2=O)cn1.[Na+]. The van der Waals surface area contributed by atoms with Crippen LogP contribution in [0, 0.1) is 20.0 Å². The summed E-state index contributed by atoms with van der Waals surface area (Å²) >= 11 is 5.35. The molecule has 0 radical (unpaired) electrons. The third-order valence-corrected chi connectivity index (χ3v) is 3.10. The first-order valence-electron chi connectivity index (χ1n) is 7.33. The number of halogens is 1. The smallest absolute Gasteiger partial charge is 0.455 e. The molecule has 0 spiro atoms. The second kappa shape index (κ2) is 11.7. The molecule has 3 aromatic heterocycles. The Bertz CT molecular complexity index is 828. The molecule has 0 aliphatic heterocycles. The molecule has 0 aliphatic rings. The molecule has 0 amide bonds. The van der Waals surface area contributed by atoms with Crippen molar-refractivity contribution < 1.29 is 29.6 Å². The van der Waals surface area contributed by atoms with Crippen LogP contribution in [-0.4, -0.2) is 30.8 Å². The standard InChI is InChI=1S/C13H14N4O.C4H2ClN2.Na/c1-3-10(2)16-12-7-6-11(9-14-12)17-13(18)5-4-8-15-17;5-4-3-6-1-2-7-4;/h4-10H,1-3H2,(H,14,16);2-3H;/q-2;-1;+1. The van der Waals surface area contributed by atoms with Gasteiger partial charge in [0.05, 0.1) is 17.0 Å². The molecule has 0 aromatic carbocycles. The number of aromatic nitrogens is 5. The second-order valence-corrected chi connectivity index (χ2v) is 5.16. The summed E-state index contributed by atoms with van der Waals surface area (Å²) in [4.78, 5) is 23.0. The summed E-state index contributed by atoms with van der Waals surface area (Å²) in [6, 6.07) is 6.63. The Balaban J connectivity index is 0.000000357. The minimum absolute atomic E-state index is 0. The van der Waals surface area contributed by atoms with Gasteiger partial charge in [0.25, 0.3) is 5.56 Å². The topological polar surface area (TPSA) is 85.6 Å². The fourth-order valence-corrected chi connectivity index (χ4v) is 1.78. The van der Waals surface area contributed by atoms with E-state index < -0.39 is 0 Å². The summed E-state index contributed by atoms with van der Waals surface area (Å²) < 4.78 is 1.29. The maximum Gasteiger partial charge on any atom is 1.00 e. The third kappa shape index (κ3) is 7.21. The molecule has 0 bridgehead atoms. The van der Waals surface area contributed by atoms with Crippen molar-refractivity contribution >= 4 is 17.4 Å². The van der Waals surface area contributed by atoms with Crippen LogP contribution in [0.5, 0.6) is 0 Å². The van der Waals surface area contributed by atoms with Crippen LogP contribution < -0.4 is 40.4 Å². The Kier molecular flexibility index (Phi) is 10.0. The zero-order valence-electron chi connectivity index (χ0n) is 14.3. The van der Waals surface area contributed by atoms with Crippen molar-refractivity contribution in [3.63, 3.8) is 0 Å². The van der Waals surface area contributed by atoms with Gasteiger partial charge in [-0.05, 0) is 24.4 Å². The largest absolute Gasteiger partial charge is 1.00 e. The van der Waals surface area contributed by atoms with Gasteiger partial charge in [-0.15, -0.1) is 12.2 Å². The van der Waals surface area contributed by atoms with E-state index in [1.165, 1.54) is 23.1 Å². The molecule has 0 fully saturated rings. The molecule has 130 valence electrons. The van der Waals surface area contributed by atoms with E-state index in [1.807, 2.05) is 0 Å². The zero-order chi connectivity index (χ0) is 18.1. The fraction of sp³-hybridized carbons (Fsp3) is 0.118. The number of pyridine rings is 1. The number of nitrogens with zero attached hydrogens (tertiary/aromatic N) is 5. The van der Waals surface area contributed by atoms with Crippen molar-refractivity contribution in [2.45, 2.75) is 12.5 Å². The van der Waals surface area contributed by atoms with Gasteiger partial charge in [-0.3, -0.25) is 9.78 Å². The summed E-state index contributed by atoms with van der Waals surface area (Å²) in [5, 5.41) is 7.47. The molecular formula is C17H16ClN6NaO-2. The predicted octanol–water partition coefficient (Wildman–Crippen LogP) is -0.600. The molecule has 0 saturated carbocycles. The van der Waals surface area contributed by atoms with Gasteiger partial charge < -0.3 is 24.1 Å². The van der Waals surface area contributed by atoms with Crippen molar-refractivity contribution in [1.29, 1.82) is 0 Å². The summed E-state index contributed by atoms with van der Waals surface area (Å²) in [5.41, 5.74) is 0.439. The van der Waals surface area contributed by atoms with Gasteiger partial charge in [-0.2, -0.15) is 16.2 Å². The van der Waals surface area contributed by atoms with Crippen LogP contribution in [0.1, 0.15) is 6.42 Å². The van der Waals surface area contributed by atoms with Crippen molar-refractivity contribution in [2.75, 3.05) is 5.32 Å². The fourth-order valence-electron chi connectivity index (χ4n) is 1.68. The summed E-state index contributed by atoms with van der Waals surface area (Å²) in [6.07, 6.45) is 9.16. The van der Waals surface area contributed by atoms with Gasteiger partial charge in [0.2, 0.25) is 0 Å². The van der Waals surface area contributed by atoms with E-state index in [4.69, 9.17) is 11.6 Å². The van der Waals surface area contributed by atoms with Crippen LogP contribution in [0.3, 0.4) is 0 Å². The first-order chi connectivity index (χ1) is 12.1. The first-order valence-corrected chi connectivity index (χ1v) is 7.71. The van der Waals surface area contributed by atoms with Gasteiger partial charge in [0.15, 0.2) is 0 Å². The Labute approximate surface area is 179 Å². The van der Waals surface area contributed by atoms with Crippen molar-refractivity contribution in [2.24, 2.45) is 0 Å². The number of anilines is 1. The first kappa shape index (κ1) is 22.2. The van der Waals surface area contributed by atoms with Gasteiger partial charge in [-0.1, -0.05) is 17.8 Å². The molecule has 1 N–H and O–H groups in total. The van der Waals surface area contributed by atoms with E-state index in [9.17, 15) is 4.79 Å². The van der Waals surface area contributed by atoms with Crippen molar-refractivity contribution in [3.8, 4) is 5.69 Å². The molecule has 1 unspecified atom stereocenters. The molecule has 1 atom stereocenters. The molecule has 9 heteroatoms. The average Bonchev–Trinajstić information content (AvgIpc) is 2.64. The van der Waals surface area contributed by atoms with E-state index >= 15 is 0 Å². The summed E-state index contributed by atoms with van der Waals surface area (Å²) in [5.74, 6) is 0.700. The molecule has 3 rings (SSSR count). The third-order valence-electron chi connectivity index (χ3n) is 2.90. The van der Waals surface area contributed by atoms with Crippen molar-refractivity contribution in [1.82, 2.24) is 24.7 Å². The molecule has 26 heavy (non-hydrogen) atoms. The van der Waals surface area contributed by atoms with Gasteiger partial charge in [0.1, 0.15) is 5.82 Å². The van der Waals surface area contributed by atoms with Gasteiger partial charge >= 0.3 is 29.6 Å². The Morgan fingerprint density at radius 2 is 2.08 bits per heavy atom. The van der Waals surface area contributed by atoms with E-state index in [-0.39, 0.29) is 41.2 Å². The quantitative estimate of drug-likeness (QED) is 0.482. The molecule has 0 aliphatic carbocycles. The van der Waals surface area contributed by atoms with Crippen molar-refractivity contribution in [3.05, 3.63) is 84.6 Å². The predicted molar refractivity (Wildman–Crippen MR) is 96.2 cm³/mol. The number of hydrogen-bond acceptors (Lipinski definition) is 6. The monoisotopic (exact) mass is 378 g/mol. The van der Waals surface area contributed by atoms with Crippen LogP contribution in [0.25, 0.3) is 5.69 Å². The van der Waals surface area contributed by atoms with Crippen LogP contribution in [0.4, 0.5) is 5.82 Å². The molecular weight excluding hydrogens is 363 g/mol. The Morgan fingerprint density at radius 1 is 1.27 bits per heavy atom. The number of nitrogens with one attached hydrogen (secondary N) is 1. The van der Waals surface area contributed by atoms with E-state index in [0.29, 0.717) is 23.1 Å². The van der Waals surface area contributed by atoms with E-state index in [0.717, 1.165) is 0 Å². The van der Waals surface area contributed by atoms with Crippen LogP contribution in [0.15, 0.2) is 53.8 Å². The average molecular weight is 379 g/mol. The second-order valence-electron chi connectivity index (χ2n) is 4.77. The van der Waals surface area contributed by atoms with Crippen LogP contribution in [0.2, 0.25) is 5.15 Å². The van der Waals surface area contributed by atoms with Gasteiger partial charge in [-0.25, -0.2) is 4.98 Å². The molecule has 3 heterocycles. The minimum atomic E-state index is -0.187. The maximum absolute atomic E-state index is 11.6. The van der Waals surface area contributed by atoms with Crippen LogP contribution >= 0.6 is 11.6 Å². The minimum Gasteiger partial charge on any atom is -0.455 e. The zero-order valence-corrected chi connectivity index (χ0v) is 17.1. The number of hydrogen-bond donors (Lipinski definition) is 1. The maximum atomic E-state index is 11.6. The molecule has 0 saturated heterocycles. The molecule has 3 aromatic rings. The summed E-state index contributed by atoms with van der Waals surface area (Å²) in [6.45, 7) is 7.62. The normalized spacial score (nSPS) is 10.7. The van der Waals surface area contributed by atoms with E-state index in [1.54, 1.807) is 30.6 Å². The Hall–Kier alpha value is -1.80. The van der Waals surface area contributed by atoms with Gasteiger partial charge in [0, 0.05) is 12.3 Å². The number of rotatable bonds is 4. The molecule has 7 nitrogen and oxygen atoms in total. The van der Waals surface area contributed by atoms with Crippen LogP contribution in [-0.2, 0) is 0 Å². The summed E-state index contributed by atoms with van der Waals surface area (Å²) in [7, 11) is 0. The van der Waals surface area contributed by atoms with E-state index in [2.05, 4.69) is 45.4 Å². The Morgan fingerprint density at radius 3 is 2.58 bits per heavy atom.